The van der Waals surface area contributed by atoms with Crippen molar-refractivity contribution >= 4 is 24.0 Å². The molecule has 0 saturated carbocycles. The Morgan fingerprint density at radius 3 is 3.11 bits per heavy atom. The van der Waals surface area contributed by atoms with Crippen LogP contribution >= 0.6 is 0 Å². The highest BCUT2D eigenvalue weighted by molar-refractivity contribution is 5.87. The third-order valence-electron chi connectivity index (χ3n) is 2.11. The molecule has 0 unspecified atom stereocenters. The van der Waals surface area contributed by atoms with Crippen LogP contribution in [0.3, 0.4) is 0 Å². The monoisotopic (exact) mass is 259 g/mol. The molecule has 0 atom stereocenters. The molecule has 0 aliphatic carbocycles. The summed E-state index contributed by atoms with van der Waals surface area (Å²) < 4.78 is 4.91. The van der Waals surface area contributed by atoms with E-state index in [1.165, 1.54) is 0 Å². The summed E-state index contributed by atoms with van der Waals surface area (Å²) in [5, 5.41) is 16.1. The number of hydrogen-bond donors (Lipinski definition) is 4. The van der Waals surface area contributed by atoms with Crippen LogP contribution in [-0.2, 0) is 0 Å². The zero-order valence-corrected chi connectivity index (χ0v) is 10.2. The molecule has 5 N–H and O–H groups in total. The molecule has 0 saturated heterocycles. The number of nitrogens with two attached hydrogens (primary N) is 1. The molecule has 2 aromatic rings. The van der Waals surface area contributed by atoms with Crippen LogP contribution in [0.4, 0.5) is 11.7 Å². The van der Waals surface area contributed by atoms with E-state index in [0.717, 1.165) is 11.3 Å². The Kier molecular flexibility index (Phi) is 3.72. The molecule has 1 aromatic heterocycles. The van der Waals surface area contributed by atoms with E-state index in [1.807, 2.05) is 24.3 Å². The van der Waals surface area contributed by atoms with E-state index < -0.39 is 0 Å². The lowest BCUT2D eigenvalue weighted by Crippen LogP contribution is -2.20. The minimum absolute atomic E-state index is 0.0756. The number of rotatable bonds is 4. The Hall–Kier alpha value is -2.90. The van der Waals surface area contributed by atoms with Crippen molar-refractivity contribution in [2.75, 3.05) is 12.4 Å². The van der Waals surface area contributed by atoms with Gasteiger partial charge in [0.1, 0.15) is 0 Å². The molecule has 0 radical (unpaired) electrons. The van der Waals surface area contributed by atoms with Crippen molar-refractivity contribution < 1.29 is 4.52 Å². The molecular formula is C11H13N7O. The minimum Gasteiger partial charge on any atom is -0.379 e. The maximum absolute atomic E-state index is 7.07. The van der Waals surface area contributed by atoms with Crippen molar-refractivity contribution in [2.24, 2.45) is 10.7 Å². The average Bonchev–Trinajstić information content (AvgIpc) is 2.84. The van der Waals surface area contributed by atoms with Crippen molar-refractivity contribution in [3.63, 3.8) is 0 Å². The van der Waals surface area contributed by atoms with E-state index in [9.17, 15) is 0 Å². The lowest BCUT2D eigenvalue weighted by molar-refractivity contribution is 0.436. The molecule has 1 aromatic carbocycles. The van der Waals surface area contributed by atoms with Gasteiger partial charge in [0.2, 0.25) is 5.82 Å². The van der Waals surface area contributed by atoms with E-state index in [2.05, 4.69) is 25.8 Å². The normalized spacial score (nSPS) is 10.6. The lowest BCUT2D eigenvalue weighted by Gasteiger charge is -1.97. The highest BCUT2D eigenvalue weighted by atomic mass is 16.5. The number of aromatic nitrogens is 2. The van der Waals surface area contributed by atoms with Gasteiger partial charge in [-0.2, -0.15) is 4.98 Å². The summed E-state index contributed by atoms with van der Waals surface area (Å²) in [5.74, 6) is 0.132. The van der Waals surface area contributed by atoms with E-state index in [0.29, 0.717) is 5.82 Å². The van der Waals surface area contributed by atoms with Crippen LogP contribution < -0.4 is 16.4 Å². The van der Waals surface area contributed by atoms with Crippen LogP contribution in [0.15, 0.2) is 33.8 Å². The molecule has 8 heteroatoms. The molecular weight excluding hydrogens is 246 g/mol. The van der Waals surface area contributed by atoms with E-state index >= 15 is 0 Å². The van der Waals surface area contributed by atoms with Gasteiger partial charge in [-0.15, -0.1) is 0 Å². The number of nitrogens with one attached hydrogen (secondary N) is 3. The van der Waals surface area contributed by atoms with E-state index in [4.69, 9.17) is 15.7 Å². The van der Waals surface area contributed by atoms with Gasteiger partial charge in [0.15, 0.2) is 5.96 Å². The Balaban J connectivity index is 2.23. The van der Waals surface area contributed by atoms with E-state index in [-0.39, 0.29) is 12.0 Å². The lowest BCUT2D eigenvalue weighted by atomic mass is 10.2. The second-order valence-corrected chi connectivity index (χ2v) is 3.56. The summed E-state index contributed by atoms with van der Waals surface area (Å²) in [4.78, 5) is 8.24. The number of benzene rings is 1. The first-order chi connectivity index (χ1) is 9.19. The van der Waals surface area contributed by atoms with Gasteiger partial charge in [0, 0.05) is 12.6 Å². The molecule has 2 rings (SSSR count). The van der Waals surface area contributed by atoms with Crippen molar-refractivity contribution in [2.45, 2.75) is 0 Å². The van der Waals surface area contributed by atoms with Crippen molar-refractivity contribution in [1.29, 1.82) is 5.41 Å². The standard InChI is InChI=1S/C11H13N7O/c1-14-6-15-8-4-2-3-7(5-8)9-16-11(19-18-9)17-10(12)13/h2-6H,1H3,(H,14,15)(H4,12,13,16,17,18). The average molecular weight is 259 g/mol. The first-order valence-corrected chi connectivity index (χ1v) is 5.44. The molecule has 0 fully saturated rings. The third kappa shape index (κ3) is 3.28. The predicted octanol–water partition coefficient (Wildman–Crippen LogP) is 0.921. The second-order valence-electron chi connectivity index (χ2n) is 3.56. The van der Waals surface area contributed by atoms with Gasteiger partial charge in [-0.05, 0) is 12.1 Å². The zero-order valence-electron chi connectivity index (χ0n) is 10.2. The SMILES string of the molecule is CN/C=N/c1cccc(-c2noc(NC(=N)N)n2)c1. The molecule has 0 amide bonds. The molecule has 0 aliphatic rings. The van der Waals surface area contributed by atoms with Crippen LogP contribution in [0, 0.1) is 5.41 Å². The molecule has 0 bridgehead atoms. The van der Waals surface area contributed by atoms with E-state index in [1.54, 1.807) is 13.4 Å². The van der Waals surface area contributed by atoms with Gasteiger partial charge in [0.05, 0.1) is 12.0 Å². The molecule has 19 heavy (non-hydrogen) atoms. The van der Waals surface area contributed by atoms with Crippen molar-refractivity contribution in [3.05, 3.63) is 24.3 Å². The summed E-state index contributed by atoms with van der Waals surface area (Å²) in [5.41, 5.74) is 6.69. The van der Waals surface area contributed by atoms with Crippen molar-refractivity contribution in [1.82, 2.24) is 15.5 Å². The van der Waals surface area contributed by atoms with Gasteiger partial charge in [-0.1, -0.05) is 17.3 Å². The van der Waals surface area contributed by atoms with Crippen LogP contribution in [0.1, 0.15) is 0 Å². The Bertz CT molecular complexity index is 605. The fourth-order valence-corrected chi connectivity index (χ4v) is 1.37. The summed E-state index contributed by atoms with van der Waals surface area (Å²) in [6.45, 7) is 0. The smallest absolute Gasteiger partial charge is 0.328 e. The maximum Gasteiger partial charge on any atom is 0.328 e. The van der Waals surface area contributed by atoms with Crippen LogP contribution in [0.5, 0.6) is 0 Å². The third-order valence-corrected chi connectivity index (χ3v) is 2.11. The van der Waals surface area contributed by atoms with Crippen LogP contribution in [0.2, 0.25) is 0 Å². The quantitative estimate of drug-likeness (QED) is 0.478. The topological polar surface area (TPSA) is 125 Å². The number of anilines is 1. The maximum atomic E-state index is 7.07. The first-order valence-electron chi connectivity index (χ1n) is 5.44. The number of aliphatic imine (C=N–C) groups is 1. The fourth-order valence-electron chi connectivity index (χ4n) is 1.37. The fraction of sp³-hybridized carbons (Fsp3) is 0.0909. The largest absolute Gasteiger partial charge is 0.379 e. The van der Waals surface area contributed by atoms with Crippen LogP contribution in [-0.4, -0.2) is 29.5 Å². The molecule has 98 valence electrons. The van der Waals surface area contributed by atoms with Gasteiger partial charge < -0.3 is 15.6 Å². The van der Waals surface area contributed by atoms with Crippen molar-refractivity contribution in [3.8, 4) is 11.4 Å². The first kappa shape index (κ1) is 12.6. The number of hydrogen-bond acceptors (Lipinski definition) is 5. The number of nitrogens with zero attached hydrogens (tertiary/aromatic N) is 3. The van der Waals surface area contributed by atoms with Gasteiger partial charge in [-0.25, -0.2) is 4.99 Å². The Morgan fingerprint density at radius 1 is 1.53 bits per heavy atom. The molecule has 1 heterocycles. The predicted molar refractivity (Wildman–Crippen MR) is 72.5 cm³/mol. The molecule has 0 spiro atoms. The summed E-state index contributed by atoms with van der Waals surface area (Å²) >= 11 is 0. The van der Waals surface area contributed by atoms with Gasteiger partial charge in [0.25, 0.3) is 0 Å². The zero-order chi connectivity index (χ0) is 13.7. The van der Waals surface area contributed by atoms with Crippen LogP contribution in [0.25, 0.3) is 11.4 Å². The molecule has 0 aliphatic heterocycles. The summed E-state index contributed by atoms with van der Waals surface area (Å²) in [7, 11) is 1.77. The highest BCUT2D eigenvalue weighted by Gasteiger charge is 2.09. The summed E-state index contributed by atoms with van der Waals surface area (Å²) in [6, 6.07) is 7.42. The Labute approximate surface area is 109 Å². The summed E-state index contributed by atoms with van der Waals surface area (Å²) in [6.07, 6.45) is 1.58. The highest BCUT2D eigenvalue weighted by Crippen LogP contribution is 2.22. The number of guanidine groups is 1. The second kappa shape index (κ2) is 5.63. The van der Waals surface area contributed by atoms with Gasteiger partial charge >= 0.3 is 6.01 Å². The minimum atomic E-state index is -0.262. The van der Waals surface area contributed by atoms with Gasteiger partial charge in [-0.3, -0.25) is 10.7 Å². The Morgan fingerprint density at radius 2 is 2.37 bits per heavy atom. The molecule has 8 nitrogen and oxygen atoms in total.